The lowest BCUT2D eigenvalue weighted by atomic mass is 9.86. The molecule has 0 bridgehead atoms. The highest BCUT2D eigenvalue weighted by Gasteiger charge is 2.23. The Morgan fingerprint density at radius 2 is 2.04 bits per heavy atom. The van der Waals surface area contributed by atoms with Gasteiger partial charge in [0.15, 0.2) is 6.61 Å². The molecule has 1 amide bonds. The van der Waals surface area contributed by atoms with E-state index < -0.39 is 5.97 Å². The van der Waals surface area contributed by atoms with Gasteiger partial charge in [0.2, 0.25) is 0 Å². The lowest BCUT2D eigenvalue weighted by molar-refractivity contribution is -0.149. The zero-order chi connectivity index (χ0) is 17.4. The minimum atomic E-state index is -0.422. The van der Waals surface area contributed by atoms with Crippen LogP contribution in [0.5, 0.6) is 5.75 Å². The van der Waals surface area contributed by atoms with Crippen LogP contribution in [-0.2, 0) is 14.3 Å². The first-order valence-corrected chi connectivity index (χ1v) is 8.69. The molecule has 0 spiro atoms. The first-order valence-electron chi connectivity index (χ1n) is 8.69. The first kappa shape index (κ1) is 18.3. The molecule has 5 heteroatoms. The van der Waals surface area contributed by atoms with Gasteiger partial charge in [-0.15, -0.1) is 0 Å². The second kappa shape index (κ2) is 9.30. The summed E-state index contributed by atoms with van der Waals surface area (Å²) < 4.78 is 10.5. The summed E-state index contributed by atoms with van der Waals surface area (Å²) in [6.45, 7) is 4.15. The summed E-state index contributed by atoms with van der Waals surface area (Å²) in [7, 11) is 0. The molecule has 0 unspecified atom stereocenters. The van der Waals surface area contributed by atoms with Gasteiger partial charge in [0.25, 0.3) is 5.91 Å². The normalized spacial score (nSPS) is 20.2. The van der Waals surface area contributed by atoms with E-state index in [9.17, 15) is 9.59 Å². The Labute approximate surface area is 143 Å². The zero-order valence-corrected chi connectivity index (χ0v) is 14.5. The quantitative estimate of drug-likeness (QED) is 0.779. The molecule has 132 valence electrons. The number of rotatable bonds is 7. The highest BCUT2D eigenvalue weighted by Crippen LogP contribution is 2.23. The van der Waals surface area contributed by atoms with Gasteiger partial charge in [-0.3, -0.25) is 9.59 Å². The number of carbonyl (C=O) groups is 2. The van der Waals surface area contributed by atoms with E-state index in [1.807, 2.05) is 31.2 Å². The van der Waals surface area contributed by atoms with Gasteiger partial charge >= 0.3 is 5.97 Å². The number of benzene rings is 1. The molecule has 1 aromatic carbocycles. The molecule has 0 radical (unpaired) electrons. The maximum atomic E-state index is 11.9. The summed E-state index contributed by atoms with van der Waals surface area (Å²) in [4.78, 5) is 23.6. The van der Waals surface area contributed by atoms with Crippen molar-refractivity contribution >= 4 is 11.9 Å². The van der Waals surface area contributed by atoms with Gasteiger partial charge in [-0.05, 0) is 43.4 Å². The van der Waals surface area contributed by atoms with Gasteiger partial charge in [-0.2, -0.15) is 0 Å². The lowest BCUT2D eigenvalue weighted by Gasteiger charge is -2.29. The van der Waals surface area contributed by atoms with Crippen molar-refractivity contribution in [3.8, 4) is 5.75 Å². The van der Waals surface area contributed by atoms with Crippen LogP contribution < -0.4 is 10.1 Å². The van der Waals surface area contributed by atoms with E-state index in [4.69, 9.17) is 9.47 Å². The number of esters is 1. The molecule has 1 saturated carbocycles. The molecule has 1 aliphatic carbocycles. The van der Waals surface area contributed by atoms with Crippen LogP contribution in [0.1, 0.15) is 44.6 Å². The van der Waals surface area contributed by atoms with Crippen molar-refractivity contribution in [2.24, 2.45) is 5.92 Å². The smallest absolute Gasteiger partial charge is 0.309 e. The molecule has 2 atom stereocenters. The number of carbonyl (C=O) groups excluding carboxylic acids is 2. The Morgan fingerprint density at radius 1 is 1.25 bits per heavy atom. The number of hydrogen-bond donors (Lipinski definition) is 1. The average Bonchev–Trinajstić information content (AvgIpc) is 2.55. The molecule has 0 aliphatic heterocycles. The van der Waals surface area contributed by atoms with Crippen LogP contribution in [-0.4, -0.2) is 31.1 Å². The van der Waals surface area contributed by atoms with Crippen LogP contribution in [0, 0.1) is 12.8 Å². The van der Waals surface area contributed by atoms with E-state index in [2.05, 4.69) is 12.2 Å². The Bertz CT molecular complexity index is 558. The third-order valence-corrected chi connectivity index (χ3v) is 4.39. The second-order valence-corrected chi connectivity index (χ2v) is 6.51. The molecular formula is C19H27NO4. The Hall–Kier alpha value is -2.04. The standard InChI is InChI=1S/C19H27NO4/c1-14-6-5-8-16(12-14)23-11-10-19(22)24-13-18(21)20-17-9-4-3-7-15(17)2/h5-6,8,12,15,17H,3-4,7,9-11,13H2,1-2H3,(H,20,21)/t15-,17-/m0/s1. The number of amides is 1. The third-order valence-electron chi connectivity index (χ3n) is 4.39. The fourth-order valence-corrected chi connectivity index (χ4v) is 2.95. The van der Waals surface area contributed by atoms with Crippen molar-refractivity contribution in [3.05, 3.63) is 29.8 Å². The van der Waals surface area contributed by atoms with E-state index >= 15 is 0 Å². The molecule has 1 aliphatic rings. The van der Waals surface area contributed by atoms with Crippen LogP contribution >= 0.6 is 0 Å². The number of aryl methyl sites for hydroxylation is 1. The Balaban J connectivity index is 1.61. The van der Waals surface area contributed by atoms with Gasteiger partial charge in [-0.25, -0.2) is 0 Å². The van der Waals surface area contributed by atoms with Gasteiger partial charge in [0.1, 0.15) is 5.75 Å². The third kappa shape index (κ3) is 6.22. The van der Waals surface area contributed by atoms with Crippen LogP contribution in [0.4, 0.5) is 0 Å². The molecule has 0 saturated heterocycles. The second-order valence-electron chi connectivity index (χ2n) is 6.51. The minimum Gasteiger partial charge on any atom is -0.493 e. The van der Waals surface area contributed by atoms with Gasteiger partial charge < -0.3 is 14.8 Å². The largest absolute Gasteiger partial charge is 0.493 e. The number of hydrogen-bond acceptors (Lipinski definition) is 4. The molecule has 1 aromatic rings. The number of nitrogens with one attached hydrogen (secondary N) is 1. The van der Waals surface area contributed by atoms with Crippen molar-refractivity contribution in [1.82, 2.24) is 5.32 Å². The summed E-state index contributed by atoms with van der Waals surface area (Å²) in [5.41, 5.74) is 1.10. The lowest BCUT2D eigenvalue weighted by Crippen LogP contribution is -2.42. The summed E-state index contributed by atoms with van der Waals surface area (Å²) in [6, 6.07) is 7.84. The van der Waals surface area contributed by atoms with Gasteiger partial charge in [0.05, 0.1) is 13.0 Å². The van der Waals surface area contributed by atoms with E-state index in [0.29, 0.717) is 5.92 Å². The van der Waals surface area contributed by atoms with Gasteiger partial charge in [0, 0.05) is 6.04 Å². The zero-order valence-electron chi connectivity index (χ0n) is 14.5. The fourth-order valence-electron chi connectivity index (χ4n) is 2.95. The molecule has 2 rings (SSSR count). The highest BCUT2D eigenvalue weighted by atomic mass is 16.5. The van der Waals surface area contributed by atoms with Crippen LogP contribution in [0.3, 0.4) is 0 Å². The van der Waals surface area contributed by atoms with Crippen molar-refractivity contribution in [2.75, 3.05) is 13.2 Å². The SMILES string of the molecule is Cc1cccc(OCCC(=O)OCC(=O)N[C@H]2CCCC[C@@H]2C)c1. The summed E-state index contributed by atoms with van der Waals surface area (Å²) in [6.07, 6.45) is 4.64. The fraction of sp³-hybridized carbons (Fsp3) is 0.579. The molecule has 1 N–H and O–H groups in total. The predicted molar refractivity (Wildman–Crippen MR) is 91.8 cm³/mol. The molecule has 24 heavy (non-hydrogen) atoms. The van der Waals surface area contributed by atoms with E-state index in [1.165, 1.54) is 6.42 Å². The van der Waals surface area contributed by atoms with Crippen molar-refractivity contribution < 1.29 is 19.1 Å². The number of ether oxygens (including phenoxy) is 2. The van der Waals surface area contributed by atoms with Crippen molar-refractivity contribution in [3.63, 3.8) is 0 Å². The molecule has 5 nitrogen and oxygen atoms in total. The minimum absolute atomic E-state index is 0.126. The monoisotopic (exact) mass is 333 g/mol. The predicted octanol–water partition coefficient (Wildman–Crippen LogP) is 3.00. The summed E-state index contributed by atoms with van der Waals surface area (Å²) in [5, 5.41) is 2.96. The maximum Gasteiger partial charge on any atom is 0.309 e. The molecule has 0 heterocycles. The molecule has 1 fully saturated rings. The van der Waals surface area contributed by atoms with Crippen molar-refractivity contribution in [1.29, 1.82) is 0 Å². The van der Waals surface area contributed by atoms with Gasteiger partial charge in [-0.1, -0.05) is 31.9 Å². The molecule has 0 aromatic heterocycles. The first-order chi connectivity index (χ1) is 11.5. The van der Waals surface area contributed by atoms with E-state index in [1.54, 1.807) is 0 Å². The Morgan fingerprint density at radius 3 is 2.79 bits per heavy atom. The van der Waals surface area contributed by atoms with E-state index in [0.717, 1.165) is 30.6 Å². The highest BCUT2D eigenvalue weighted by molar-refractivity contribution is 5.80. The molecular weight excluding hydrogens is 306 g/mol. The average molecular weight is 333 g/mol. The van der Waals surface area contributed by atoms with Crippen LogP contribution in [0.15, 0.2) is 24.3 Å². The maximum absolute atomic E-state index is 11.9. The summed E-state index contributed by atoms with van der Waals surface area (Å²) >= 11 is 0. The van der Waals surface area contributed by atoms with Crippen LogP contribution in [0.2, 0.25) is 0 Å². The van der Waals surface area contributed by atoms with Crippen LogP contribution in [0.25, 0.3) is 0 Å². The summed E-state index contributed by atoms with van der Waals surface area (Å²) in [5.74, 6) is 0.573. The Kier molecular flexibility index (Phi) is 7.09. The topological polar surface area (TPSA) is 64.6 Å². The van der Waals surface area contributed by atoms with E-state index in [-0.39, 0.29) is 31.6 Å². The van der Waals surface area contributed by atoms with Crippen molar-refractivity contribution in [2.45, 2.75) is 52.0 Å².